The first-order chi connectivity index (χ1) is 9.43. The van der Waals surface area contributed by atoms with Crippen molar-refractivity contribution in [2.75, 3.05) is 27.3 Å². The van der Waals surface area contributed by atoms with Gasteiger partial charge in [-0.2, -0.15) is 0 Å². The first-order valence-corrected chi connectivity index (χ1v) is 6.78. The summed E-state index contributed by atoms with van der Waals surface area (Å²) in [5.74, 6) is 1.14. The average molecular weight is 280 g/mol. The van der Waals surface area contributed by atoms with E-state index in [0.717, 1.165) is 12.0 Å². The summed E-state index contributed by atoms with van der Waals surface area (Å²) >= 11 is 0. The molecule has 1 atom stereocenters. The van der Waals surface area contributed by atoms with Crippen LogP contribution in [0.5, 0.6) is 11.5 Å². The van der Waals surface area contributed by atoms with Crippen molar-refractivity contribution in [1.82, 2.24) is 4.90 Å². The Morgan fingerprint density at radius 2 is 2.00 bits per heavy atom. The zero-order valence-corrected chi connectivity index (χ0v) is 12.7. The van der Waals surface area contributed by atoms with Gasteiger partial charge in [0.1, 0.15) is 0 Å². The summed E-state index contributed by atoms with van der Waals surface area (Å²) < 4.78 is 11.1. The molecular weight excluding hydrogens is 256 g/mol. The van der Waals surface area contributed by atoms with Gasteiger partial charge in [-0.15, -0.1) is 0 Å². The van der Waals surface area contributed by atoms with E-state index < -0.39 is 0 Å². The first kappa shape index (κ1) is 16.3. The number of carbonyl (C=O) groups is 1. The van der Waals surface area contributed by atoms with Crippen LogP contribution >= 0.6 is 0 Å². The van der Waals surface area contributed by atoms with Gasteiger partial charge >= 0.3 is 0 Å². The summed E-state index contributed by atoms with van der Waals surface area (Å²) in [7, 11) is 3.39. The minimum Gasteiger partial charge on any atom is -0.490 e. The van der Waals surface area contributed by atoms with Gasteiger partial charge < -0.3 is 20.1 Å². The minimum atomic E-state index is -0.0906. The number of rotatable bonds is 7. The molecule has 1 aromatic rings. The highest BCUT2D eigenvalue weighted by atomic mass is 16.5. The van der Waals surface area contributed by atoms with E-state index in [2.05, 4.69) is 0 Å². The predicted molar refractivity (Wildman–Crippen MR) is 79.2 cm³/mol. The van der Waals surface area contributed by atoms with Gasteiger partial charge in [-0.3, -0.25) is 4.79 Å². The molecule has 2 N–H and O–H groups in total. The quantitative estimate of drug-likeness (QED) is 0.821. The maximum atomic E-state index is 11.5. The summed E-state index contributed by atoms with van der Waals surface area (Å²) in [6.45, 7) is 4.41. The highest BCUT2D eigenvalue weighted by Gasteiger charge is 2.10. The van der Waals surface area contributed by atoms with E-state index in [9.17, 15) is 4.79 Å². The van der Waals surface area contributed by atoms with Gasteiger partial charge in [0.15, 0.2) is 18.1 Å². The zero-order valence-electron chi connectivity index (χ0n) is 12.7. The van der Waals surface area contributed by atoms with Crippen LogP contribution in [-0.2, 0) is 11.2 Å². The number of hydrogen-bond acceptors (Lipinski definition) is 4. The molecule has 0 bridgehead atoms. The van der Waals surface area contributed by atoms with Crippen molar-refractivity contribution in [2.24, 2.45) is 5.73 Å². The average Bonchev–Trinajstić information content (AvgIpc) is 2.37. The molecule has 1 amide bonds. The Kier molecular flexibility index (Phi) is 6.31. The molecule has 0 heterocycles. The van der Waals surface area contributed by atoms with E-state index in [1.807, 2.05) is 32.0 Å². The molecule has 0 aliphatic rings. The topological polar surface area (TPSA) is 64.8 Å². The maximum Gasteiger partial charge on any atom is 0.259 e. The SMILES string of the molecule is CCOc1cc(CC(C)N)ccc1OCC(=O)N(C)C. The fourth-order valence-corrected chi connectivity index (χ4v) is 1.71. The van der Waals surface area contributed by atoms with Gasteiger partial charge in [-0.1, -0.05) is 6.07 Å². The molecule has 5 nitrogen and oxygen atoms in total. The Bertz CT molecular complexity index is 445. The summed E-state index contributed by atoms with van der Waals surface area (Å²) in [6.07, 6.45) is 0.775. The van der Waals surface area contributed by atoms with Crippen LogP contribution in [0.2, 0.25) is 0 Å². The molecule has 0 aliphatic heterocycles. The Morgan fingerprint density at radius 3 is 2.55 bits per heavy atom. The van der Waals surface area contributed by atoms with Crippen molar-refractivity contribution in [3.63, 3.8) is 0 Å². The smallest absolute Gasteiger partial charge is 0.259 e. The first-order valence-electron chi connectivity index (χ1n) is 6.78. The van der Waals surface area contributed by atoms with Crippen molar-refractivity contribution in [3.05, 3.63) is 23.8 Å². The van der Waals surface area contributed by atoms with Crippen LogP contribution in [0.25, 0.3) is 0 Å². The molecule has 0 spiro atoms. The maximum absolute atomic E-state index is 11.5. The van der Waals surface area contributed by atoms with Crippen LogP contribution in [0, 0.1) is 0 Å². The van der Waals surface area contributed by atoms with Crippen LogP contribution < -0.4 is 15.2 Å². The molecule has 20 heavy (non-hydrogen) atoms. The fraction of sp³-hybridized carbons (Fsp3) is 0.533. The van der Waals surface area contributed by atoms with Gasteiger partial charge in [0, 0.05) is 20.1 Å². The second-order valence-corrected chi connectivity index (χ2v) is 4.97. The summed E-state index contributed by atoms with van der Waals surface area (Å²) in [5, 5.41) is 0. The molecule has 112 valence electrons. The molecule has 1 unspecified atom stereocenters. The number of likely N-dealkylation sites (N-methyl/N-ethyl adjacent to an activating group) is 1. The van der Waals surface area contributed by atoms with Gasteiger partial charge in [-0.25, -0.2) is 0 Å². The fourth-order valence-electron chi connectivity index (χ4n) is 1.71. The van der Waals surface area contributed by atoms with E-state index in [4.69, 9.17) is 15.2 Å². The van der Waals surface area contributed by atoms with Crippen LogP contribution in [0.1, 0.15) is 19.4 Å². The van der Waals surface area contributed by atoms with E-state index in [0.29, 0.717) is 18.1 Å². The lowest BCUT2D eigenvalue weighted by atomic mass is 10.1. The number of hydrogen-bond donors (Lipinski definition) is 1. The second kappa shape index (κ2) is 7.75. The molecule has 0 aliphatic carbocycles. The third kappa shape index (κ3) is 5.09. The summed E-state index contributed by atoms with van der Waals surface area (Å²) in [4.78, 5) is 13.0. The normalized spacial score (nSPS) is 11.8. The van der Waals surface area contributed by atoms with Crippen LogP contribution in [0.3, 0.4) is 0 Å². The number of amides is 1. The lowest BCUT2D eigenvalue weighted by Crippen LogP contribution is -2.27. The molecule has 0 radical (unpaired) electrons. The number of nitrogens with zero attached hydrogens (tertiary/aromatic N) is 1. The van der Waals surface area contributed by atoms with Crippen molar-refractivity contribution >= 4 is 5.91 Å². The molecular formula is C15H24N2O3. The molecule has 1 rings (SSSR count). The Labute approximate surface area is 120 Å². The highest BCUT2D eigenvalue weighted by Crippen LogP contribution is 2.29. The van der Waals surface area contributed by atoms with E-state index in [-0.39, 0.29) is 18.6 Å². The standard InChI is InChI=1S/C15H24N2O3/c1-5-19-14-9-12(8-11(2)16)6-7-13(14)20-10-15(18)17(3)4/h6-7,9,11H,5,8,10,16H2,1-4H3. The Hall–Kier alpha value is -1.75. The van der Waals surface area contributed by atoms with E-state index in [1.54, 1.807) is 14.1 Å². The third-order valence-corrected chi connectivity index (χ3v) is 2.72. The molecule has 1 aromatic carbocycles. The van der Waals surface area contributed by atoms with Crippen LogP contribution in [0.4, 0.5) is 0 Å². The lowest BCUT2D eigenvalue weighted by molar-refractivity contribution is -0.130. The van der Waals surface area contributed by atoms with Crippen molar-refractivity contribution in [1.29, 1.82) is 0 Å². The predicted octanol–water partition coefficient (Wildman–Crippen LogP) is 1.44. The number of benzene rings is 1. The largest absolute Gasteiger partial charge is 0.490 e. The number of carbonyl (C=O) groups excluding carboxylic acids is 1. The third-order valence-electron chi connectivity index (χ3n) is 2.72. The number of ether oxygens (including phenoxy) is 2. The molecule has 5 heteroatoms. The summed E-state index contributed by atoms with van der Waals surface area (Å²) in [5.41, 5.74) is 6.89. The van der Waals surface area contributed by atoms with Gasteiger partial charge in [0.2, 0.25) is 0 Å². The van der Waals surface area contributed by atoms with Crippen molar-refractivity contribution in [3.8, 4) is 11.5 Å². The van der Waals surface area contributed by atoms with E-state index >= 15 is 0 Å². The molecule has 0 saturated heterocycles. The van der Waals surface area contributed by atoms with Crippen molar-refractivity contribution in [2.45, 2.75) is 26.3 Å². The molecule has 0 saturated carbocycles. The number of nitrogens with two attached hydrogens (primary N) is 1. The lowest BCUT2D eigenvalue weighted by Gasteiger charge is -2.15. The Balaban J connectivity index is 2.81. The molecule has 0 aromatic heterocycles. The zero-order chi connectivity index (χ0) is 15.1. The highest BCUT2D eigenvalue weighted by molar-refractivity contribution is 5.77. The minimum absolute atomic E-state index is 0.000285. The Morgan fingerprint density at radius 1 is 1.30 bits per heavy atom. The molecule has 0 fully saturated rings. The van der Waals surface area contributed by atoms with E-state index in [1.165, 1.54) is 4.90 Å². The summed E-state index contributed by atoms with van der Waals surface area (Å²) in [6, 6.07) is 5.78. The van der Waals surface area contributed by atoms with Gasteiger partial charge in [0.05, 0.1) is 6.61 Å². The monoisotopic (exact) mass is 280 g/mol. The van der Waals surface area contributed by atoms with Crippen LogP contribution in [0.15, 0.2) is 18.2 Å². The van der Waals surface area contributed by atoms with Crippen LogP contribution in [-0.4, -0.2) is 44.2 Å². The second-order valence-electron chi connectivity index (χ2n) is 4.97. The van der Waals surface area contributed by atoms with Gasteiger partial charge in [-0.05, 0) is 38.0 Å². The van der Waals surface area contributed by atoms with Crippen molar-refractivity contribution < 1.29 is 14.3 Å². The van der Waals surface area contributed by atoms with Gasteiger partial charge in [0.25, 0.3) is 5.91 Å².